The van der Waals surface area contributed by atoms with Crippen LogP contribution in [-0.2, 0) is 4.79 Å². The maximum Gasteiger partial charge on any atom is 0.311 e. The van der Waals surface area contributed by atoms with Gasteiger partial charge in [-0.2, -0.15) is 4.37 Å². The fourth-order valence-corrected chi connectivity index (χ4v) is 2.40. The molecule has 0 saturated heterocycles. The molecule has 2 N–H and O–H groups in total. The second-order valence-corrected chi connectivity index (χ2v) is 5.38. The molecule has 0 fully saturated rings. The molecule has 1 aromatic heterocycles. The fourth-order valence-electron chi connectivity index (χ4n) is 1.64. The largest absolute Gasteiger partial charge is 0.481 e. The molecule has 0 amide bonds. The van der Waals surface area contributed by atoms with E-state index in [1.807, 2.05) is 31.2 Å². The van der Waals surface area contributed by atoms with Crippen molar-refractivity contribution in [2.45, 2.75) is 20.3 Å². The third kappa shape index (κ3) is 2.31. The molecule has 1 heterocycles. The number of rotatable bonds is 5. The number of fused-ring (bicyclic) bond motifs is 1. The van der Waals surface area contributed by atoms with E-state index in [0.717, 1.165) is 15.9 Å². The molecule has 0 aliphatic carbocycles. The average Bonchev–Trinajstić information content (AvgIpc) is 2.79. The Balaban J connectivity index is 2.17. The van der Waals surface area contributed by atoms with Gasteiger partial charge in [0.15, 0.2) is 0 Å². The predicted octanol–water partition coefficient (Wildman–Crippen LogP) is 3.21. The normalized spacial score (nSPS) is 14.3. The van der Waals surface area contributed by atoms with Gasteiger partial charge in [-0.15, -0.1) is 0 Å². The van der Waals surface area contributed by atoms with Crippen LogP contribution in [0.1, 0.15) is 20.3 Å². The van der Waals surface area contributed by atoms with Crippen molar-refractivity contribution in [3.63, 3.8) is 0 Å². The minimum absolute atomic E-state index is 0.408. The number of nitrogens with zero attached hydrogens (tertiary/aromatic N) is 1. The summed E-state index contributed by atoms with van der Waals surface area (Å²) in [5, 5.41) is 14.4. The smallest absolute Gasteiger partial charge is 0.311 e. The van der Waals surface area contributed by atoms with Crippen LogP contribution in [0, 0.1) is 5.41 Å². The van der Waals surface area contributed by atoms with Gasteiger partial charge >= 0.3 is 5.97 Å². The molecule has 2 rings (SSSR count). The molecule has 1 aromatic carbocycles. The Morgan fingerprint density at radius 2 is 2.22 bits per heavy atom. The Morgan fingerprint density at radius 1 is 1.50 bits per heavy atom. The highest BCUT2D eigenvalue weighted by Crippen LogP contribution is 2.29. The number of hydrogen-bond donors (Lipinski definition) is 2. The highest BCUT2D eigenvalue weighted by Gasteiger charge is 2.31. The first-order valence-corrected chi connectivity index (χ1v) is 6.66. The fraction of sp³-hybridized carbons (Fsp3) is 0.385. The molecule has 0 saturated carbocycles. The van der Waals surface area contributed by atoms with Crippen molar-refractivity contribution in [3.8, 4) is 0 Å². The lowest BCUT2D eigenvalue weighted by Crippen LogP contribution is -2.34. The molecule has 0 spiro atoms. The Labute approximate surface area is 110 Å². The van der Waals surface area contributed by atoms with Crippen LogP contribution >= 0.6 is 11.5 Å². The van der Waals surface area contributed by atoms with E-state index in [9.17, 15) is 9.90 Å². The van der Waals surface area contributed by atoms with Crippen LogP contribution in [0.2, 0.25) is 0 Å². The van der Waals surface area contributed by atoms with E-state index in [0.29, 0.717) is 13.0 Å². The number of aliphatic carboxylic acids is 1. The Kier molecular flexibility index (Phi) is 3.52. The van der Waals surface area contributed by atoms with Crippen molar-refractivity contribution < 1.29 is 9.90 Å². The van der Waals surface area contributed by atoms with E-state index in [-0.39, 0.29) is 0 Å². The lowest BCUT2D eigenvalue weighted by atomic mass is 9.88. The van der Waals surface area contributed by atoms with Gasteiger partial charge in [-0.1, -0.05) is 19.1 Å². The summed E-state index contributed by atoms with van der Waals surface area (Å²) in [7, 11) is 0. The van der Waals surface area contributed by atoms with Gasteiger partial charge in [-0.3, -0.25) is 4.79 Å². The molecular weight excluding hydrogens is 248 g/mol. The van der Waals surface area contributed by atoms with E-state index in [1.54, 1.807) is 6.92 Å². The SMILES string of the molecule is CCC(C)(CNc1snc2ccccc12)C(=O)O. The van der Waals surface area contributed by atoms with E-state index in [2.05, 4.69) is 9.69 Å². The number of carboxylic acids is 1. The minimum Gasteiger partial charge on any atom is -0.481 e. The van der Waals surface area contributed by atoms with Gasteiger partial charge in [0.25, 0.3) is 0 Å². The van der Waals surface area contributed by atoms with Crippen LogP contribution in [0.15, 0.2) is 24.3 Å². The summed E-state index contributed by atoms with van der Waals surface area (Å²) in [6, 6.07) is 7.84. The Morgan fingerprint density at radius 3 is 2.89 bits per heavy atom. The second kappa shape index (κ2) is 4.94. The third-order valence-corrected chi connectivity index (χ3v) is 4.15. The highest BCUT2D eigenvalue weighted by atomic mass is 32.1. The number of hydrogen-bond acceptors (Lipinski definition) is 4. The summed E-state index contributed by atoms with van der Waals surface area (Å²) in [6.45, 7) is 4.05. The summed E-state index contributed by atoms with van der Waals surface area (Å²) in [4.78, 5) is 11.2. The summed E-state index contributed by atoms with van der Waals surface area (Å²) < 4.78 is 4.32. The minimum atomic E-state index is -0.772. The third-order valence-electron chi connectivity index (χ3n) is 3.32. The van der Waals surface area contributed by atoms with Crippen molar-refractivity contribution >= 4 is 33.4 Å². The van der Waals surface area contributed by atoms with Crippen LogP contribution < -0.4 is 5.32 Å². The molecule has 4 nitrogen and oxygen atoms in total. The summed E-state index contributed by atoms with van der Waals surface area (Å²) in [5.74, 6) is -0.772. The maximum atomic E-state index is 11.2. The maximum absolute atomic E-state index is 11.2. The monoisotopic (exact) mass is 264 g/mol. The number of benzene rings is 1. The Hall–Kier alpha value is -1.62. The molecule has 0 aliphatic heterocycles. The van der Waals surface area contributed by atoms with Crippen molar-refractivity contribution in [1.29, 1.82) is 0 Å². The van der Waals surface area contributed by atoms with E-state index in [4.69, 9.17) is 0 Å². The zero-order chi connectivity index (χ0) is 13.2. The number of aromatic nitrogens is 1. The lowest BCUT2D eigenvalue weighted by molar-refractivity contribution is -0.147. The van der Waals surface area contributed by atoms with Crippen LogP contribution in [-0.4, -0.2) is 22.0 Å². The van der Waals surface area contributed by atoms with Gasteiger partial charge in [0, 0.05) is 11.9 Å². The second-order valence-electron chi connectivity index (χ2n) is 4.60. The summed E-state index contributed by atoms with van der Waals surface area (Å²) in [5.41, 5.74) is 0.198. The summed E-state index contributed by atoms with van der Waals surface area (Å²) in [6.07, 6.45) is 0.589. The van der Waals surface area contributed by atoms with Gasteiger partial charge < -0.3 is 10.4 Å². The van der Waals surface area contributed by atoms with Crippen molar-refractivity contribution in [2.24, 2.45) is 5.41 Å². The van der Waals surface area contributed by atoms with Crippen LogP contribution in [0.4, 0.5) is 5.00 Å². The molecule has 18 heavy (non-hydrogen) atoms. The summed E-state index contributed by atoms with van der Waals surface area (Å²) >= 11 is 1.37. The average molecular weight is 264 g/mol. The quantitative estimate of drug-likeness (QED) is 0.870. The first kappa shape index (κ1) is 12.8. The Bertz CT molecular complexity index is 567. The van der Waals surface area contributed by atoms with Gasteiger partial charge in [0.1, 0.15) is 5.00 Å². The first-order chi connectivity index (χ1) is 8.57. The molecule has 96 valence electrons. The first-order valence-electron chi connectivity index (χ1n) is 5.88. The molecule has 2 aromatic rings. The van der Waals surface area contributed by atoms with Gasteiger partial charge in [0.05, 0.1) is 10.9 Å². The molecule has 1 unspecified atom stereocenters. The zero-order valence-corrected chi connectivity index (χ0v) is 11.3. The lowest BCUT2D eigenvalue weighted by Gasteiger charge is -2.23. The van der Waals surface area contributed by atoms with Crippen LogP contribution in [0.25, 0.3) is 10.9 Å². The zero-order valence-electron chi connectivity index (χ0n) is 10.4. The van der Waals surface area contributed by atoms with E-state index < -0.39 is 11.4 Å². The molecule has 0 bridgehead atoms. The van der Waals surface area contributed by atoms with Crippen molar-refractivity contribution in [1.82, 2.24) is 4.37 Å². The van der Waals surface area contributed by atoms with Crippen molar-refractivity contribution in [2.75, 3.05) is 11.9 Å². The number of carboxylic acid groups (broad SMARTS) is 1. The topological polar surface area (TPSA) is 62.2 Å². The molecule has 0 radical (unpaired) electrons. The predicted molar refractivity (Wildman–Crippen MR) is 74.1 cm³/mol. The van der Waals surface area contributed by atoms with E-state index in [1.165, 1.54) is 11.5 Å². The van der Waals surface area contributed by atoms with Gasteiger partial charge in [-0.25, -0.2) is 0 Å². The van der Waals surface area contributed by atoms with Crippen molar-refractivity contribution in [3.05, 3.63) is 24.3 Å². The number of carbonyl (C=O) groups is 1. The van der Waals surface area contributed by atoms with Gasteiger partial charge in [0.2, 0.25) is 0 Å². The molecule has 5 heteroatoms. The number of nitrogens with one attached hydrogen (secondary N) is 1. The van der Waals surface area contributed by atoms with E-state index >= 15 is 0 Å². The van der Waals surface area contributed by atoms with Crippen LogP contribution in [0.5, 0.6) is 0 Å². The van der Waals surface area contributed by atoms with Crippen LogP contribution in [0.3, 0.4) is 0 Å². The molecule has 0 aliphatic rings. The molecular formula is C13H16N2O2S. The van der Waals surface area contributed by atoms with Gasteiger partial charge in [-0.05, 0) is 37.0 Å². The number of anilines is 1. The standard InChI is InChI=1S/C13H16N2O2S/c1-3-13(2,12(16)17)8-14-11-9-6-4-5-7-10(9)15-18-11/h4-7,14H,3,8H2,1-2H3,(H,16,17). The molecule has 1 atom stereocenters. The highest BCUT2D eigenvalue weighted by molar-refractivity contribution is 7.11.